The Hall–Kier alpha value is -3.69. The minimum absolute atomic E-state index is 0.00657. The van der Waals surface area contributed by atoms with Crippen LogP contribution >= 0.6 is 0 Å². The Morgan fingerprint density at radius 2 is 1.80 bits per heavy atom. The van der Waals surface area contributed by atoms with E-state index < -0.39 is 0 Å². The highest BCUT2D eigenvalue weighted by molar-refractivity contribution is 5.99. The largest absolute Gasteiger partial charge is 0.496 e. The Morgan fingerprint density at radius 3 is 2.51 bits per heavy atom. The zero-order chi connectivity index (χ0) is 31.7. The Balaban J connectivity index is 1.41. The molecule has 0 unspecified atom stereocenters. The van der Waals surface area contributed by atoms with Crippen molar-refractivity contribution in [1.29, 1.82) is 0 Å². The Labute approximate surface area is 264 Å². The molecule has 2 aliphatic heterocycles. The number of nitrogens with zero attached hydrogens (tertiary/aromatic N) is 1. The molecule has 9 heteroatoms. The number of fused-ring (bicyclic) bond motifs is 2. The van der Waals surface area contributed by atoms with Crippen molar-refractivity contribution in [3.63, 3.8) is 0 Å². The van der Waals surface area contributed by atoms with Crippen LogP contribution < -0.4 is 20.5 Å². The normalized spacial score (nSPS) is 17.7. The summed E-state index contributed by atoms with van der Waals surface area (Å²) in [6, 6.07) is 9.58. The van der Waals surface area contributed by atoms with Crippen LogP contribution in [0, 0.1) is 19.7 Å². The molecule has 45 heavy (non-hydrogen) atoms. The van der Waals surface area contributed by atoms with E-state index >= 15 is 4.39 Å². The van der Waals surface area contributed by atoms with Crippen LogP contribution in [-0.2, 0) is 27.9 Å². The van der Waals surface area contributed by atoms with Gasteiger partial charge in [0.1, 0.15) is 11.6 Å². The van der Waals surface area contributed by atoms with Crippen LogP contribution in [0.25, 0.3) is 11.1 Å². The molecule has 6 rings (SSSR count). The van der Waals surface area contributed by atoms with Gasteiger partial charge in [0.25, 0.3) is 11.5 Å². The van der Waals surface area contributed by atoms with E-state index in [1.54, 1.807) is 25.1 Å². The molecule has 3 aromatic rings. The lowest BCUT2D eigenvalue weighted by molar-refractivity contribution is 0.0505. The maximum absolute atomic E-state index is 16.2. The number of ether oxygens (including phenoxy) is 3. The molecule has 0 radical (unpaired) electrons. The van der Waals surface area contributed by atoms with Crippen LogP contribution in [0.5, 0.6) is 5.75 Å². The zero-order valence-electron chi connectivity index (χ0n) is 26.8. The summed E-state index contributed by atoms with van der Waals surface area (Å²) in [6.45, 7) is 9.37. The smallest absolute Gasteiger partial charge is 0.256 e. The lowest BCUT2D eigenvalue weighted by Crippen LogP contribution is -2.40. The topological polar surface area (TPSA) is 92.9 Å². The average Bonchev–Trinajstić information content (AvgIpc) is 3.37. The van der Waals surface area contributed by atoms with Crippen molar-refractivity contribution in [3.8, 4) is 16.9 Å². The predicted molar refractivity (Wildman–Crippen MR) is 173 cm³/mol. The van der Waals surface area contributed by atoms with E-state index in [1.807, 2.05) is 19.1 Å². The lowest BCUT2D eigenvalue weighted by Gasteiger charge is -2.37. The number of halogens is 1. The average molecular weight is 618 g/mol. The highest BCUT2D eigenvalue weighted by atomic mass is 19.1. The van der Waals surface area contributed by atoms with Crippen molar-refractivity contribution in [1.82, 2.24) is 10.3 Å². The van der Waals surface area contributed by atoms with E-state index in [1.165, 1.54) is 12.7 Å². The summed E-state index contributed by atoms with van der Waals surface area (Å²) in [6.07, 6.45) is 5.52. The molecule has 1 aliphatic carbocycles. The third kappa shape index (κ3) is 6.00. The van der Waals surface area contributed by atoms with E-state index in [-0.39, 0.29) is 35.3 Å². The monoisotopic (exact) mass is 617 g/mol. The second-order valence-corrected chi connectivity index (χ2v) is 12.7. The van der Waals surface area contributed by atoms with Gasteiger partial charge in [0.15, 0.2) is 0 Å². The third-order valence-electron chi connectivity index (χ3n) is 10.2. The lowest BCUT2D eigenvalue weighted by atomic mass is 9.75. The minimum atomic E-state index is -0.330. The second kappa shape index (κ2) is 13.0. The van der Waals surface area contributed by atoms with Crippen LogP contribution in [0.4, 0.5) is 10.1 Å². The van der Waals surface area contributed by atoms with Crippen LogP contribution in [0.3, 0.4) is 0 Å². The molecule has 3 heterocycles. The number of nitrogens with one attached hydrogen (secondary N) is 2. The van der Waals surface area contributed by atoms with Gasteiger partial charge in [-0.3, -0.25) is 9.59 Å². The first kappa shape index (κ1) is 31.3. The first-order chi connectivity index (χ1) is 21.7. The molecule has 0 saturated carbocycles. The molecule has 2 N–H and O–H groups in total. The molecule has 240 valence electrons. The van der Waals surface area contributed by atoms with E-state index in [9.17, 15) is 9.59 Å². The van der Waals surface area contributed by atoms with Gasteiger partial charge < -0.3 is 29.4 Å². The van der Waals surface area contributed by atoms with Crippen LogP contribution in [-0.4, -0.2) is 57.0 Å². The molecule has 2 aromatic carbocycles. The van der Waals surface area contributed by atoms with Crippen molar-refractivity contribution in [2.45, 2.75) is 77.3 Å². The maximum atomic E-state index is 16.2. The number of aromatic amines is 1. The van der Waals surface area contributed by atoms with Gasteiger partial charge in [0.05, 0.1) is 19.2 Å². The van der Waals surface area contributed by atoms with Crippen molar-refractivity contribution in [2.75, 3.05) is 45.0 Å². The van der Waals surface area contributed by atoms with E-state index in [0.29, 0.717) is 60.1 Å². The molecule has 2 fully saturated rings. The Bertz CT molecular complexity index is 1640. The van der Waals surface area contributed by atoms with Gasteiger partial charge in [0.2, 0.25) is 0 Å². The van der Waals surface area contributed by atoms with E-state index in [0.717, 1.165) is 61.9 Å². The molecule has 8 nitrogen and oxygen atoms in total. The van der Waals surface area contributed by atoms with Gasteiger partial charge >= 0.3 is 0 Å². The standard InChI is InChI=1S/C36H44FN3O5/c1-5-40(26-7-12-44-13-8-26)32-19-25(28-17-24-6-9-36(10-14-45-15-11-36)30(24)20-31(28)37)18-27(23(32)3)34(41)38-21-29-33(43-4)16-22(2)39-35(29)42/h16-20,26H,5-15,21H2,1-4H3,(H,38,41)(H,39,42). The molecule has 2 saturated heterocycles. The number of carbonyl (C=O) groups is 1. The quantitative estimate of drug-likeness (QED) is 0.335. The third-order valence-corrected chi connectivity index (χ3v) is 10.2. The fourth-order valence-electron chi connectivity index (χ4n) is 7.64. The first-order valence-corrected chi connectivity index (χ1v) is 16.2. The SMILES string of the molecule is CCN(c1cc(-c2cc3c(cc2F)C2(CCOCC2)CC3)cc(C(=O)NCc2c(OC)cc(C)[nH]c2=O)c1C)C1CCOCC1. The van der Waals surface area contributed by atoms with E-state index in [4.69, 9.17) is 14.2 Å². The zero-order valence-corrected chi connectivity index (χ0v) is 26.8. The molecule has 0 bridgehead atoms. The number of amides is 1. The van der Waals surface area contributed by atoms with Crippen LogP contribution in [0.1, 0.15) is 77.3 Å². The van der Waals surface area contributed by atoms with Crippen molar-refractivity contribution in [2.24, 2.45) is 0 Å². The van der Waals surface area contributed by atoms with Gasteiger partial charge in [0, 0.05) is 66.9 Å². The van der Waals surface area contributed by atoms with E-state index in [2.05, 4.69) is 22.1 Å². The van der Waals surface area contributed by atoms with Gasteiger partial charge in [-0.25, -0.2) is 4.39 Å². The summed E-state index contributed by atoms with van der Waals surface area (Å²) in [4.78, 5) is 31.7. The molecular weight excluding hydrogens is 573 g/mol. The summed E-state index contributed by atoms with van der Waals surface area (Å²) in [5, 5.41) is 2.95. The number of hydrogen-bond donors (Lipinski definition) is 2. The fourth-order valence-corrected chi connectivity index (χ4v) is 7.64. The summed E-state index contributed by atoms with van der Waals surface area (Å²) in [7, 11) is 1.50. The molecule has 3 aliphatic rings. The number of aromatic nitrogens is 1. The van der Waals surface area contributed by atoms with Crippen molar-refractivity contribution >= 4 is 11.6 Å². The van der Waals surface area contributed by atoms with Crippen LogP contribution in [0.15, 0.2) is 35.1 Å². The number of methoxy groups -OCH3 is 1. The van der Waals surface area contributed by atoms with Crippen molar-refractivity contribution < 1.29 is 23.4 Å². The molecule has 1 aromatic heterocycles. The number of benzene rings is 2. The summed E-state index contributed by atoms with van der Waals surface area (Å²) >= 11 is 0. The number of carbonyl (C=O) groups excluding carboxylic acids is 1. The van der Waals surface area contributed by atoms with Gasteiger partial charge in [-0.2, -0.15) is 0 Å². The Kier molecular flexibility index (Phi) is 9.02. The van der Waals surface area contributed by atoms with Crippen molar-refractivity contribution in [3.05, 3.63) is 80.0 Å². The number of H-pyrrole nitrogens is 1. The predicted octanol–water partition coefficient (Wildman–Crippen LogP) is 5.74. The highest BCUT2D eigenvalue weighted by Gasteiger charge is 2.40. The molecular formula is C36H44FN3O5. The first-order valence-electron chi connectivity index (χ1n) is 16.2. The number of anilines is 1. The second-order valence-electron chi connectivity index (χ2n) is 12.7. The summed E-state index contributed by atoms with van der Waals surface area (Å²) in [5.41, 5.74) is 6.37. The van der Waals surface area contributed by atoms with Gasteiger partial charge in [-0.15, -0.1) is 0 Å². The summed E-state index contributed by atoms with van der Waals surface area (Å²) < 4.78 is 32.9. The number of rotatable bonds is 8. The molecule has 1 spiro atoms. The maximum Gasteiger partial charge on any atom is 0.256 e. The fraction of sp³-hybridized carbons (Fsp3) is 0.500. The van der Waals surface area contributed by atoms with Crippen LogP contribution in [0.2, 0.25) is 0 Å². The number of aryl methyl sites for hydroxylation is 2. The summed E-state index contributed by atoms with van der Waals surface area (Å²) in [5.74, 6) is -0.182. The van der Waals surface area contributed by atoms with Gasteiger partial charge in [-0.1, -0.05) is 0 Å². The number of pyridine rings is 1. The molecule has 1 amide bonds. The van der Waals surface area contributed by atoms with Gasteiger partial charge in [-0.05, 0) is 112 Å². The highest BCUT2D eigenvalue weighted by Crippen LogP contribution is 2.48. The molecule has 0 atom stereocenters. The minimum Gasteiger partial charge on any atom is -0.496 e. The Morgan fingerprint density at radius 1 is 1.07 bits per heavy atom. The number of hydrogen-bond acceptors (Lipinski definition) is 6.